The predicted molar refractivity (Wildman–Crippen MR) is 70.4 cm³/mol. The Morgan fingerprint density at radius 1 is 0.882 bits per heavy atom. The van der Waals surface area contributed by atoms with Crippen molar-refractivity contribution < 1.29 is 4.79 Å². The van der Waals surface area contributed by atoms with Crippen LogP contribution in [0.5, 0.6) is 0 Å². The van der Waals surface area contributed by atoms with Crippen LogP contribution in [-0.2, 0) is 0 Å². The summed E-state index contributed by atoms with van der Waals surface area (Å²) in [6.07, 6.45) is 0. The van der Waals surface area contributed by atoms with Gasteiger partial charge in [-0.1, -0.05) is 41.4 Å². The molecule has 0 aliphatic rings. The molecular formula is C13H9Cl2NO. The standard InChI is InChI=1S/C13H9Cl2NO/c14-11-6-5-10(7-12(11)15)8-1-3-9(4-2-8)13(16)17/h1-7H,(H2,16,17). The zero-order chi connectivity index (χ0) is 12.4. The van der Waals surface area contributed by atoms with E-state index in [1.165, 1.54) is 0 Å². The third kappa shape index (κ3) is 2.60. The number of hydrogen-bond acceptors (Lipinski definition) is 1. The molecule has 0 spiro atoms. The van der Waals surface area contributed by atoms with E-state index in [0.29, 0.717) is 15.6 Å². The largest absolute Gasteiger partial charge is 0.366 e. The smallest absolute Gasteiger partial charge is 0.248 e. The fraction of sp³-hybridized carbons (Fsp3) is 0. The van der Waals surface area contributed by atoms with Crippen molar-refractivity contribution in [2.45, 2.75) is 0 Å². The molecule has 2 aromatic rings. The van der Waals surface area contributed by atoms with Gasteiger partial charge in [-0.25, -0.2) is 0 Å². The van der Waals surface area contributed by atoms with E-state index in [2.05, 4.69) is 0 Å². The van der Waals surface area contributed by atoms with Crippen LogP contribution in [0.3, 0.4) is 0 Å². The van der Waals surface area contributed by atoms with Crippen molar-refractivity contribution >= 4 is 29.1 Å². The van der Waals surface area contributed by atoms with Crippen LogP contribution >= 0.6 is 23.2 Å². The van der Waals surface area contributed by atoms with Gasteiger partial charge in [0, 0.05) is 5.56 Å². The van der Waals surface area contributed by atoms with Gasteiger partial charge in [-0.3, -0.25) is 4.79 Å². The second kappa shape index (κ2) is 4.78. The van der Waals surface area contributed by atoms with Gasteiger partial charge >= 0.3 is 0 Å². The lowest BCUT2D eigenvalue weighted by molar-refractivity contribution is 0.100. The molecule has 86 valence electrons. The molecule has 0 atom stereocenters. The summed E-state index contributed by atoms with van der Waals surface area (Å²) in [4.78, 5) is 10.9. The first-order chi connectivity index (χ1) is 8.08. The number of amides is 1. The Balaban J connectivity index is 2.39. The third-order valence-corrected chi connectivity index (χ3v) is 3.16. The highest BCUT2D eigenvalue weighted by Crippen LogP contribution is 2.28. The van der Waals surface area contributed by atoms with Crippen molar-refractivity contribution in [3.8, 4) is 11.1 Å². The molecule has 4 heteroatoms. The third-order valence-electron chi connectivity index (χ3n) is 2.42. The highest BCUT2D eigenvalue weighted by atomic mass is 35.5. The lowest BCUT2D eigenvalue weighted by Crippen LogP contribution is -2.10. The Hall–Kier alpha value is -1.51. The molecule has 0 bridgehead atoms. The van der Waals surface area contributed by atoms with Crippen molar-refractivity contribution in [1.82, 2.24) is 0 Å². The molecule has 2 N–H and O–H groups in total. The lowest BCUT2D eigenvalue weighted by Gasteiger charge is -2.04. The van der Waals surface area contributed by atoms with Gasteiger partial charge in [0.25, 0.3) is 0 Å². The van der Waals surface area contributed by atoms with Gasteiger partial charge in [0.2, 0.25) is 5.91 Å². The number of primary amides is 1. The molecule has 2 aromatic carbocycles. The van der Waals surface area contributed by atoms with Crippen molar-refractivity contribution in [3.63, 3.8) is 0 Å². The van der Waals surface area contributed by atoms with Crippen LogP contribution in [0, 0.1) is 0 Å². The summed E-state index contributed by atoms with van der Waals surface area (Å²) in [7, 11) is 0. The number of carbonyl (C=O) groups is 1. The Kier molecular flexibility index (Phi) is 3.36. The molecule has 2 rings (SSSR count). The Bertz CT molecular complexity index is 564. The van der Waals surface area contributed by atoms with Crippen LogP contribution in [-0.4, -0.2) is 5.91 Å². The van der Waals surface area contributed by atoms with Crippen LogP contribution in [0.4, 0.5) is 0 Å². The molecule has 0 heterocycles. The highest BCUT2D eigenvalue weighted by Gasteiger charge is 2.04. The quantitative estimate of drug-likeness (QED) is 0.883. The van der Waals surface area contributed by atoms with Gasteiger partial charge in [0.15, 0.2) is 0 Å². The second-order valence-corrected chi connectivity index (χ2v) is 4.38. The number of carbonyl (C=O) groups excluding carboxylic acids is 1. The summed E-state index contributed by atoms with van der Waals surface area (Å²) in [5.41, 5.74) is 7.54. The van der Waals surface area contributed by atoms with E-state index < -0.39 is 5.91 Å². The van der Waals surface area contributed by atoms with Crippen molar-refractivity contribution in [2.24, 2.45) is 5.73 Å². The van der Waals surface area contributed by atoms with E-state index in [0.717, 1.165) is 11.1 Å². The average Bonchev–Trinajstić information content (AvgIpc) is 2.33. The maximum Gasteiger partial charge on any atom is 0.248 e. The van der Waals surface area contributed by atoms with Gasteiger partial charge in [0.1, 0.15) is 0 Å². The zero-order valence-corrected chi connectivity index (χ0v) is 10.3. The SMILES string of the molecule is NC(=O)c1ccc(-c2ccc(Cl)c(Cl)c2)cc1. The van der Waals surface area contributed by atoms with E-state index in [1.54, 1.807) is 24.3 Å². The van der Waals surface area contributed by atoms with Gasteiger partial charge in [-0.05, 0) is 35.4 Å². The van der Waals surface area contributed by atoms with Crippen molar-refractivity contribution in [3.05, 3.63) is 58.1 Å². The van der Waals surface area contributed by atoms with Crippen LogP contribution < -0.4 is 5.73 Å². The molecule has 0 fully saturated rings. The molecule has 0 unspecified atom stereocenters. The van der Waals surface area contributed by atoms with E-state index >= 15 is 0 Å². The maximum atomic E-state index is 10.9. The number of halogens is 2. The van der Waals surface area contributed by atoms with Crippen molar-refractivity contribution in [1.29, 1.82) is 0 Å². The maximum absolute atomic E-state index is 10.9. The lowest BCUT2D eigenvalue weighted by atomic mass is 10.0. The summed E-state index contributed by atoms with van der Waals surface area (Å²) in [5.74, 6) is -0.439. The highest BCUT2D eigenvalue weighted by molar-refractivity contribution is 6.42. The molecule has 0 saturated carbocycles. The van der Waals surface area contributed by atoms with E-state index in [9.17, 15) is 4.79 Å². The molecule has 0 saturated heterocycles. The summed E-state index contributed by atoms with van der Waals surface area (Å²) in [5, 5.41) is 1.02. The predicted octanol–water partition coefficient (Wildman–Crippen LogP) is 3.76. The second-order valence-electron chi connectivity index (χ2n) is 3.57. The van der Waals surface area contributed by atoms with Crippen LogP contribution in [0.15, 0.2) is 42.5 Å². The summed E-state index contributed by atoms with van der Waals surface area (Å²) < 4.78 is 0. The fourth-order valence-corrected chi connectivity index (χ4v) is 1.80. The molecule has 0 aromatic heterocycles. The van der Waals surface area contributed by atoms with Gasteiger partial charge in [0.05, 0.1) is 10.0 Å². The minimum absolute atomic E-state index is 0.439. The van der Waals surface area contributed by atoms with Crippen LogP contribution in [0.2, 0.25) is 10.0 Å². The Labute approximate surface area is 109 Å². The van der Waals surface area contributed by atoms with Crippen LogP contribution in [0.25, 0.3) is 11.1 Å². The number of nitrogens with two attached hydrogens (primary N) is 1. The molecule has 17 heavy (non-hydrogen) atoms. The molecule has 1 amide bonds. The number of hydrogen-bond donors (Lipinski definition) is 1. The zero-order valence-electron chi connectivity index (χ0n) is 8.78. The topological polar surface area (TPSA) is 43.1 Å². The van der Waals surface area contributed by atoms with Gasteiger partial charge in [-0.15, -0.1) is 0 Å². The normalized spacial score (nSPS) is 10.2. The summed E-state index contributed by atoms with van der Waals surface area (Å²) >= 11 is 11.8. The first-order valence-electron chi connectivity index (χ1n) is 4.93. The van der Waals surface area contributed by atoms with E-state index in [-0.39, 0.29) is 0 Å². The van der Waals surface area contributed by atoms with Gasteiger partial charge in [-0.2, -0.15) is 0 Å². The first-order valence-corrected chi connectivity index (χ1v) is 5.69. The molecule has 0 radical (unpaired) electrons. The van der Waals surface area contributed by atoms with E-state index in [4.69, 9.17) is 28.9 Å². The minimum atomic E-state index is -0.439. The monoisotopic (exact) mass is 265 g/mol. The van der Waals surface area contributed by atoms with Crippen molar-refractivity contribution in [2.75, 3.05) is 0 Å². The molecule has 0 aliphatic heterocycles. The van der Waals surface area contributed by atoms with Gasteiger partial charge < -0.3 is 5.73 Å². The number of benzene rings is 2. The Morgan fingerprint density at radius 2 is 1.47 bits per heavy atom. The Morgan fingerprint density at radius 3 is 2.00 bits per heavy atom. The summed E-state index contributed by atoms with van der Waals surface area (Å²) in [6.45, 7) is 0. The van der Waals surface area contributed by atoms with Crippen LogP contribution in [0.1, 0.15) is 10.4 Å². The fourth-order valence-electron chi connectivity index (χ4n) is 1.50. The molecule has 0 aliphatic carbocycles. The summed E-state index contributed by atoms with van der Waals surface area (Å²) in [6, 6.07) is 12.4. The molecule has 2 nitrogen and oxygen atoms in total. The molecular weight excluding hydrogens is 257 g/mol. The number of rotatable bonds is 2. The first kappa shape index (κ1) is 12.0. The minimum Gasteiger partial charge on any atom is -0.366 e. The van der Waals surface area contributed by atoms with E-state index in [1.807, 2.05) is 18.2 Å². The average molecular weight is 266 g/mol.